The van der Waals surface area contributed by atoms with E-state index in [-0.39, 0.29) is 29.4 Å². The summed E-state index contributed by atoms with van der Waals surface area (Å²) < 4.78 is 6.80. The monoisotopic (exact) mass is 392 g/mol. The first-order valence-electron chi connectivity index (χ1n) is 9.89. The lowest BCUT2D eigenvalue weighted by Crippen LogP contribution is -2.37. The van der Waals surface area contributed by atoms with Crippen LogP contribution in [0, 0.1) is 0 Å². The third-order valence-electron chi connectivity index (χ3n) is 5.25. The highest BCUT2D eigenvalue weighted by molar-refractivity contribution is 6.09. The number of pyridine rings is 1. The number of rotatable bonds is 5. The molecule has 2 aromatic heterocycles. The second-order valence-corrected chi connectivity index (χ2v) is 7.23. The van der Waals surface area contributed by atoms with Crippen molar-refractivity contribution in [2.75, 3.05) is 12.4 Å². The molecule has 0 radical (unpaired) electrons. The van der Waals surface area contributed by atoms with Crippen LogP contribution in [-0.4, -0.2) is 34.4 Å². The van der Waals surface area contributed by atoms with Gasteiger partial charge in [-0.3, -0.25) is 14.0 Å². The number of hydrogen-bond acceptors (Lipinski definition) is 4. The largest absolute Gasteiger partial charge is 0.497 e. The predicted octanol–water partition coefficient (Wildman–Crippen LogP) is 3.66. The minimum Gasteiger partial charge on any atom is -0.497 e. The Bertz CT molecular complexity index is 1020. The highest BCUT2D eigenvalue weighted by atomic mass is 16.5. The molecule has 2 heterocycles. The van der Waals surface area contributed by atoms with Crippen LogP contribution in [0.15, 0.2) is 48.7 Å². The number of benzene rings is 1. The Labute approximate surface area is 169 Å². The number of anilines is 1. The maximum Gasteiger partial charge on any atom is 0.287 e. The Morgan fingerprint density at radius 1 is 1.03 bits per heavy atom. The Hall–Kier alpha value is -3.35. The number of fused-ring (bicyclic) bond motifs is 1. The quantitative estimate of drug-likeness (QED) is 0.694. The maximum absolute atomic E-state index is 12.9. The topological polar surface area (TPSA) is 84.7 Å². The number of carbonyl (C=O) groups excluding carboxylic acids is 2. The second kappa shape index (κ2) is 8.34. The molecule has 2 N–H and O–H groups in total. The van der Waals surface area contributed by atoms with Crippen molar-refractivity contribution in [1.29, 1.82) is 0 Å². The van der Waals surface area contributed by atoms with Crippen LogP contribution in [0.1, 0.15) is 53.2 Å². The van der Waals surface area contributed by atoms with E-state index in [1.165, 1.54) is 6.42 Å². The van der Waals surface area contributed by atoms with E-state index in [0.29, 0.717) is 17.0 Å². The molecule has 3 aromatic rings. The Morgan fingerprint density at radius 3 is 2.52 bits per heavy atom. The van der Waals surface area contributed by atoms with E-state index in [1.54, 1.807) is 48.0 Å². The van der Waals surface area contributed by atoms with E-state index in [4.69, 9.17) is 4.74 Å². The molecular formula is C22H24N4O3. The van der Waals surface area contributed by atoms with Gasteiger partial charge in [-0.2, -0.15) is 0 Å². The fourth-order valence-corrected chi connectivity index (χ4v) is 3.73. The lowest BCUT2D eigenvalue weighted by Gasteiger charge is -2.22. The molecule has 0 saturated heterocycles. The van der Waals surface area contributed by atoms with E-state index in [1.807, 2.05) is 12.1 Å². The highest BCUT2D eigenvalue weighted by Gasteiger charge is 2.24. The summed E-state index contributed by atoms with van der Waals surface area (Å²) in [6.07, 6.45) is 7.20. The van der Waals surface area contributed by atoms with Gasteiger partial charge in [-0.1, -0.05) is 25.3 Å². The molecule has 0 atom stereocenters. The number of aromatic nitrogens is 2. The van der Waals surface area contributed by atoms with E-state index >= 15 is 0 Å². The smallest absolute Gasteiger partial charge is 0.287 e. The minimum atomic E-state index is -0.365. The zero-order valence-electron chi connectivity index (χ0n) is 16.4. The molecule has 0 aliphatic heterocycles. The Kier molecular flexibility index (Phi) is 5.46. The average molecular weight is 392 g/mol. The van der Waals surface area contributed by atoms with E-state index < -0.39 is 0 Å². The van der Waals surface area contributed by atoms with Gasteiger partial charge in [0.05, 0.1) is 12.6 Å². The zero-order chi connectivity index (χ0) is 20.2. The normalized spacial score (nSPS) is 14.5. The number of carbonyl (C=O) groups is 2. The summed E-state index contributed by atoms with van der Waals surface area (Å²) in [5.74, 6) is 0.320. The van der Waals surface area contributed by atoms with Gasteiger partial charge in [-0.15, -0.1) is 0 Å². The second-order valence-electron chi connectivity index (χ2n) is 7.23. The third-order valence-corrected chi connectivity index (χ3v) is 5.25. The van der Waals surface area contributed by atoms with Crippen molar-refractivity contribution in [3.63, 3.8) is 0 Å². The minimum absolute atomic E-state index is 0.170. The number of ether oxygens (including phenoxy) is 1. The van der Waals surface area contributed by atoms with Crippen LogP contribution in [0.4, 0.5) is 5.69 Å². The molecular weight excluding hydrogens is 368 g/mol. The molecule has 7 nitrogen and oxygen atoms in total. The fraction of sp³-hybridized carbons (Fsp3) is 0.318. The number of nitrogens with one attached hydrogen (secondary N) is 2. The lowest BCUT2D eigenvalue weighted by atomic mass is 9.95. The zero-order valence-corrected chi connectivity index (χ0v) is 16.4. The van der Waals surface area contributed by atoms with Crippen molar-refractivity contribution in [1.82, 2.24) is 14.7 Å². The number of methoxy groups -OCH3 is 1. The van der Waals surface area contributed by atoms with E-state index in [9.17, 15) is 9.59 Å². The van der Waals surface area contributed by atoms with E-state index in [0.717, 1.165) is 25.7 Å². The van der Waals surface area contributed by atoms with Crippen molar-refractivity contribution in [3.05, 3.63) is 60.2 Å². The molecule has 1 saturated carbocycles. The molecule has 0 bridgehead atoms. The molecule has 29 heavy (non-hydrogen) atoms. The molecule has 1 aromatic carbocycles. The summed E-state index contributed by atoms with van der Waals surface area (Å²) in [5, 5.41) is 5.91. The van der Waals surface area contributed by atoms with Gasteiger partial charge in [-0.05, 0) is 49.2 Å². The first-order chi connectivity index (χ1) is 14.2. The van der Waals surface area contributed by atoms with Gasteiger partial charge in [-0.25, -0.2) is 4.98 Å². The summed E-state index contributed by atoms with van der Waals surface area (Å²) in [6, 6.07) is 12.6. The van der Waals surface area contributed by atoms with Crippen molar-refractivity contribution < 1.29 is 14.3 Å². The molecule has 0 spiro atoms. The standard InChI is InChI=1S/C22H24N4O3/c1-29-17-12-10-16(11-13-17)23-21(27)19-18-9-5-6-14-26(18)20(25-19)22(28)24-15-7-3-2-4-8-15/h5-6,9-15H,2-4,7-8H2,1H3,(H,23,27)(H,24,28). The van der Waals surface area contributed by atoms with Gasteiger partial charge in [0.25, 0.3) is 11.8 Å². The van der Waals surface area contributed by atoms with Gasteiger partial charge in [0.2, 0.25) is 5.82 Å². The van der Waals surface area contributed by atoms with Gasteiger partial charge in [0.15, 0.2) is 5.69 Å². The lowest BCUT2D eigenvalue weighted by molar-refractivity contribution is 0.0916. The SMILES string of the molecule is COc1ccc(NC(=O)c2nc(C(=O)NC3CCCCC3)n3ccccc23)cc1. The van der Waals surface area contributed by atoms with Gasteiger partial charge in [0.1, 0.15) is 5.75 Å². The van der Waals surface area contributed by atoms with Crippen molar-refractivity contribution in [2.24, 2.45) is 0 Å². The number of imidazole rings is 1. The maximum atomic E-state index is 12.9. The average Bonchev–Trinajstić information content (AvgIpc) is 3.15. The van der Waals surface area contributed by atoms with Crippen LogP contribution in [-0.2, 0) is 0 Å². The molecule has 2 amide bonds. The summed E-state index contributed by atoms with van der Waals surface area (Å²) in [6.45, 7) is 0. The number of hydrogen-bond donors (Lipinski definition) is 2. The summed E-state index contributed by atoms with van der Waals surface area (Å²) in [7, 11) is 1.59. The molecule has 7 heteroatoms. The first-order valence-corrected chi connectivity index (χ1v) is 9.89. The Balaban J connectivity index is 1.59. The summed E-state index contributed by atoms with van der Waals surface area (Å²) in [4.78, 5) is 30.1. The van der Waals surface area contributed by atoms with Crippen LogP contribution in [0.25, 0.3) is 5.52 Å². The van der Waals surface area contributed by atoms with Crippen LogP contribution in [0.3, 0.4) is 0 Å². The van der Waals surface area contributed by atoms with Gasteiger partial charge < -0.3 is 15.4 Å². The van der Waals surface area contributed by atoms with Crippen LogP contribution in [0.5, 0.6) is 5.75 Å². The molecule has 1 fully saturated rings. The van der Waals surface area contributed by atoms with Gasteiger partial charge >= 0.3 is 0 Å². The predicted molar refractivity (Wildman–Crippen MR) is 110 cm³/mol. The van der Waals surface area contributed by atoms with Crippen molar-refractivity contribution in [3.8, 4) is 5.75 Å². The molecule has 1 aliphatic rings. The van der Waals surface area contributed by atoms with Gasteiger partial charge in [0, 0.05) is 17.9 Å². The fourth-order valence-electron chi connectivity index (χ4n) is 3.73. The van der Waals surface area contributed by atoms with E-state index in [2.05, 4.69) is 15.6 Å². The van der Waals surface area contributed by atoms with Crippen LogP contribution in [0.2, 0.25) is 0 Å². The van der Waals surface area contributed by atoms with Crippen molar-refractivity contribution >= 4 is 23.0 Å². The highest BCUT2D eigenvalue weighted by Crippen LogP contribution is 2.20. The molecule has 0 unspecified atom stereocenters. The number of nitrogens with zero attached hydrogens (tertiary/aromatic N) is 2. The van der Waals surface area contributed by atoms with Crippen LogP contribution < -0.4 is 15.4 Å². The van der Waals surface area contributed by atoms with Crippen molar-refractivity contribution in [2.45, 2.75) is 38.1 Å². The summed E-state index contributed by atoms with van der Waals surface area (Å²) >= 11 is 0. The molecule has 150 valence electrons. The molecule has 4 rings (SSSR count). The Morgan fingerprint density at radius 2 is 1.79 bits per heavy atom. The summed E-state index contributed by atoms with van der Waals surface area (Å²) in [5.41, 5.74) is 1.43. The molecule has 1 aliphatic carbocycles. The van der Waals surface area contributed by atoms with Crippen LogP contribution >= 0.6 is 0 Å². The third kappa shape index (κ3) is 4.08. The first kappa shape index (κ1) is 19.0. The number of amides is 2.